The summed E-state index contributed by atoms with van der Waals surface area (Å²) in [6, 6.07) is -0.601. The second kappa shape index (κ2) is 23.7. The summed E-state index contributed by atoms with van der Waals surface area (Å²) in [5.41, 5.74) is 0.490. The highest BCUT2D eigenvalue weighted by atomic mass is 16.7. The van der Waals surface area contributed by atoms with Crippen molar-refractivity contribution in [2.24, 2.45) is 0 Å². The average Bonchev–Trinajstić information content (AvgIpc) is 3.00. The Bertz CT molecular complexity index is 971. The predicted octanol–water partition coefficient (Wildman–Crippen LogP) is 4.59. The third-order valence-corrected chi connectivity index (χ3v) is 6.84. The number of carbonyl (C=O) groups excluding carboxylic acids is 5. The van der Waals surface area contributed by atoms with E-state index in [1.807, 2.05) is 0 Å². The van der Waals surface area contributed by atoms with Crippen LogP contribution in [0, 0.1) is 0 Å². The molecule has 1 fully saturated rings. The number of ether oxygens (including phenoxy) is 5. The molecule has 13 heteroatoms. The third kappa shape index (κ3) is 19.4. The van der Waals surface area contributed by atoms with Crippen LogP contribution in [0.1, 0.15) is 97.8 Å². The lowest BCUT2D eigenvalue weighted by Crippen LogP contribution is -2.53. The zero-order chi connectivity index (χ0) is 33.5. The largest absolute Gasteiger partial charge is 0.460 e. The van der Waals surface area contributed by atoms with Crippen molar-refractivity contribution in [3.8, 4) is 0 Å². The maximum atomic E-state index is 12.7. The minimum atomic E-state index is -1.14. The molecule has 1 saturated heterocycles. The number of rotatable bonds is 22. The van der Waals surface area contributed by atoms with Crippen LogP contribution in [0.5, 0.6) is 0 Å². The Morgan fingerprint density at radius 3 is 1.82 bits per heavy atom. The van der Waals surface area contributed by atoms with Gasteiger partial charge in [0.05, 0.1) is 25.2 Å². The molecule has 0 aliphatic carbocycles. The zero-order valence-corrected chi connectivity index (χ0v) is 27.2. The first-order valence-corrected chi connectivity index (χ1v) is 16.0. The molecule has 1 aliphatic heterocycles. The number of hydrogen-bond donors (Lipinski definition) is 3. The van der Waals surface area contributed by atoms with Crippen LogP contribution in [-0.4, -0.2) is 81.4 Å². The summed E-state index contributed by atoms with van der Waals surface area (Å²) in [5, 5.41) is 7.86. The number of alkyl carbamates (subject to hydrolysis) is 2. The van der Waals surface area contributed by atoms with Crippen LogP contribution in [0.4, 0.5) is 9.59 Å². The predicted molar refractivity (Wildman–Crippen MR) is 167 cm³/mol. The van der Waals surface area contributed by atoms with Crippen LogP contribution >= 0.6 is 0 Å². The van der Waals surface area contributed by atoms with Crippen LogP contribution < -0.4 is 16.0 Å². The molecule has 1 aliphatic rings. The van der Waals surface area contributed by atoms with E-state index >= 15 is 0 Å². The van der Waals surface area contributed by atoms with Crippen LogP contribution in [-0.2, 0) is 38.1 Å². The Morgan fingerprint density at radius 1 is 0.733 bits per heavy atom. The van der Waals surface area contributed by atoms with E-state index in [1.54, 1.807) is 0 Å². The van der Waals surface area contributed by atoms with Crippen molar-refractivity contribution in [3.05, 3.63) is 24.3 Å². The summed E-state index contributed by atoms with van der Waals surface area (Å²) in [6.45, 7) is 12.0. The molecule has 3 atom stereocenters. The van der Waals surface area contributed by atoms with E-state index in [4.69, 9.17) is 23.7 Å². The van der Waals surface area contributed by atoms with Gasteiger partial charge in [-0.3, -0.25) is 4.79 Å². The Morgan fingerprint density at radius 2 is 1.27 bits per heavy atom. The van der Waals surface area contributed by atoms with Gasteiger partial charge >= 0.3 is 24.1 Å². The molecule has 1 rings (SSSR count). The highest BCUT2D eigenvalue weighted by Crippen LogP contribution is 2.22. The number of nitrogens with one attached hydrogen (secondary N) is 3. The van der Waals surface area contributed by atoms with Gasteiger partial charge in [0.1, 0.15) is 19.8 Å². The van der Waals surface area contributed by atoms with Crippen molar-refractivity contribution in [2.75, 3.05) is 32.9 Å². The number of amides is 3. The summed E-state index contributed by atoms with van der Waals surface area (Å²) >= 11 is 0. The molecule has 1 unspecified atom stereocenters. The highest BCUT2D eigenvalue weighted by molar-refractivity contribution is 5.87. The molecular formula is C32H53N3O10. The fourth-order valence-corrected chi connectivity index (χ4v) is 4.31. The topological polar surface area (TPSA) is 168 Å². The summed E-state index contributed by atoms with van der Waals surface area (Å²) in [4.78, 5) is 60.1. The van der Waals surface area contributed by atoms with Crippen LogP contribution in [0.15, 0.2) is 24.3 Å². The molecule has 0 spiro atoms. The van der Waals surface area contributed by atoms with Gasteiger partial charge in [-0.1, -0.05) is 71.4 Å². The van der Waals surface area contributed by atoms with Crippen molar-refractivity contribution < 1.29 is 47.7 Å². The van der Waals surface area contributed by atoms with Crippen molar-refractivity contribution in [1.82, 2.24) is 16.0 Å². The van der Waals surface area contributed by atoms with Crippen molar-refractivity contribution >= 4 is 30.0 Å². The summed E-state index contributed by atoms with van der Waals surface area (Å²) in [6.07, 6.45) is 8.18. The van der Waals surface area contributed by atoms with E-state index in [-0.39, 0.29) is 50.0 Å². The molecule has 0 aromatic carbocycles. The van der Waals surface area contributed by atoms with Gasteiger partial charge in [-0.05, 0) is 33.1 Å². The van der Waals surface area contributed by atoms with Crippen molar-refractivity contribution in [3.63, 3.8) is 0 Å². The van der Waals surface area contributed by atoms with E-state index in [1.165, 1.54) is 52.4 Å². The number of unbranched alkanes of at least 4 members (excludes halogenated alkanes) is 8. The van der Waals surface area contributed by atoms with E-state index in [9.17, 15) is 24.0 Å². The molecule has 1 heterocycles. The van der Waals surface area contributed by atoms with Crippen LogP contribution in [0.3, 0.4) is 0 Å². The fraction of sp³-hybridized carbons (Fsp3) is 0.719. The molecule has 0 aromatic heterocycles. The standard InChI is InChI=1S/C32H53N3O10/c1-6-7-8-9-10-11-12-13-14-15-27(36)35-26-17-16-25(22-43-31(39)33-18-20-41-28(37)23(2)3)44-30(26)45-32(40)34-19-21-42-29(38)24(4)5/h25-26,30H,2,4,6-22H2,1,3,5H3,(H,33,39)(H,34,40)(H,35,36)/t25?,26-,30-/m0/s1. The second-order valence-electron chi connectivity index (χ2n) is 11.1. The first kappa shape index (κ1) is 39.4. The van der Waals surface area contributed by atoms with E-state index in [2.05, 4.69) is 36.0 Å². The Kier molecular flexibility index (Phi) is 20.8. The van der Waals surface area contributed by atoms with E-state index in [0.717, 1.165) is 19.3 Å². The van der Waals surface area contributed by atoms with Gasteiger partial charge in [-0.15, -0.1) is 0 Å². The van der Waals surface area contributed by atoms with Gasteiger partial charge < -0.3 is 39.6 Å². The Hall–Kier alpha value is -3.61. The molecule has 3 N–H and O–H groups in total. The van der Waals surface area contributed by atoms with Gasteiger partial charge in [0.25, 0.3) is 0 Å². The average molecular weight is 640 g/mol. The van der Waals surface area contributed by atoms with E-state index in [0.29, 0.717) is 19.3 Å². The quantitative estimate of drug-likeness (QED) is 0.0660. The molecular weight excluding hydrogens is 586 g/mol. The van der Waals surface area contributed by atoms with Crippen molar-refractivity contribution in [2.45, 2.75) is 116 Å². The first-order chi connectivity index (χ1) is 21.5. The second-order valence-corrected chi connectivity index (χ2v) is 11.1. The third-order valence-electron chi connectivity index (χ3n) is 6.84. The molecule has 3 amide bonds. The summed E-state index contributed by atoms with van der Waals surface area (Å²) < 4.78 is 26.4. The van der Waals surface area contributed by atoms with Crippen LogP contribution in [0.2, 0.25) is 0 Å². The maximum Gasteiger partial charge on any atom is 0.409 e. The lowest BCUT2D eigenvalue weighted by molar-refractivity contribution is -0.188. The minimum absolute atomic E-state index is 0.00536. The molecule has 0 aromatic rings. The van der Waals surface area contributed by atoms with E-state index < -0.39 is 42.6 Å². The minimum Gasteiger partial charge on any atom is -0.460 e. The number of hydrogen-bond acceptors (Lipinski definition) is 10. The molecule has 0 bridgehead atoms. The highest BCUT2D eigenvalue weighted by Gasteiger charge is 2.35. The monoisotopic (exact) mass is 639 g/mol. The molecule has 256 valence electrons. The SMILES string of the molecule is C=C(C)C(=O)OCCNC(=O)OCC1CC[C@H](NC(=O)CCCCCCCCCCC)[C@H](OC(=O)NCCOC(=O)C(=C)C)O1. The van der Waals surface area contributed by atoms with Crippen molar-refractivity contribution in [1.29, 1.82) is 0 Å². The lowest BCUT2D eigenvalue weighted by Gasteiger charge is -2.35. The number of carbonyl (C=O) groups is 5. The number of esters is 2. The summed E-state index contributed by atoms with van der Waals surface area (Å²) in [5.74, 6) is -1.29. The lowest BCUT2D eigenvalue weighted by atomic mass is 10.0. The van der Waals surface area contributed by atoms with Crippen LogP contribution in [0.25, 0.3) is 0 Å². The normalized spacial score (nSPS) is 17.4. The summed E-state index contributed by atoms with van der Waals surface area (Å²) in [7, 11) is 0. The Labute approximate surface area is 267 Å². The van der Waals surface area contributed by atoms with Gasteiger partial charge in [-0.2, -0.15) is 0 Å². The molecule has 0 saturated carbocycles. The van der Waals surface area contributed by atoms with Gasteiger partial charge in [-0.25, -0.2) is 19.2 Å². The molecule has 13 nitrogen and oxygen atoms in total. The fourth-order valence-electron chi connectivity index (χ4n) is 4.31. The molecule has 45 heavy (non-hydrogen) atoms. The van der Waals surface area contributed by atoms with Gasteiger partial charge in [0.15, 0.2) is 0 Å². The maximum absolute atomic E-state index is 12.7. The molecule has 0 radical (unpaired) electrons. The van der Waals surface area contributed by atoms with Gasteiger partial charge in [0, 0.05) is 17.6 Å². The van der Waals surface area contributed by atoms with Gasteiger partial charge in [0.2, 0.25) is 12.2 Å². The Balaban J connectivity index is 2.54. The first-order valence-electron chi connectivity index (χ1n) is 16.0. The zero-order valence-electron chi connectivity index (χ0n) is 27.2. The smallest absolute Gasteiger partial charge is 0.409 e.